The molecule has 0 aliphatic rings. The summed E-state index contributed by atoms with van der Waals surface area (Å²) in [4.78, 5) is 15.5. The van der Waals surface area contributed by atoms with Gasteiger partial charge in [0.1, 0.15) is 11.5 Å². The molecule has 0 saturated heterocycles. The van der Waals surface area contributed by atoms with Crippen LogP contribution in [0, 0.1) is 0 Å². The van der Waals surface area contributed by atoms with Gasteiger partial charge in [0.25, 0.3) is 0 Å². The number of nitrogens with zero attached hydrogens (tertiary/aromatic N) is 2. The molecule has 1 aromatic rings. The summed E-state index contributed by atoms with van der Waals surface area (Å²) in [5.74, 6) is -1.11. The van der Waals surface area contributed by atoms with Crippen LogP contribution in [0.2, 0.25) is 0 Å². The van der Waals surface area contributed by atoms with Crippen LogP contribution in [-0.4, -0.2) is 49.5 Å². The minimum absolute atomic E-state index is 0.00924. The van der Waals surface area contributed by atoms with E-state index in [1.165, 1.54) is 0 Å². The lowest BCUT2D eigenvalue weighted by molar-refractivity contribution is -0.118. The number of carbonyl (C=O) groups excluding carboxylic acids is 1. The molecule has 1 amide bonds. The van der Waals surface area contributed by atoms with E-state index in [1.807, 2.05) is 20.8 Å². The normalized spacial score (nSPS) is 11.8. The van der Waals surface area contributed by atoms with Crippen molar-refractivity contribution in [3.63, 3.8) is 0 Å². The highest BCUT2D eigenvalue weighted by atomic mass is 32.2. The summed E-state index contributed by atoms with van der Waals surface area (Å²) in [6, 6.07) is 0. The molecule has 0 radical (unpaired) electrons. The van der Waals surface area contributed by atoms with Gasteiger partial charge in [-0.25, -0.2) is 8.42 Å². The highest BCUT2D eigenvalue weighted by Crippen LogP contribution is 2.05. The monoisotopic (exact) mass is 333 g/mol. The van der Waals surface area contributed by atoms with E-state index < -0.39 is 27.3 Å². The van der Waals surface area contributed by atoms with Crippen LogP contribution >= 0.6 is 0 Å². The van der Waals surface area contributed by atoms with Crippen LogP contribution in [0.4, 0.5) is 0 Å². The zero-order valence-electron chi connectivity index (χ0n) is 13.2. The molecule has 0 aromatic carbocycles. The van der Waals surface area contributed by atoms with Gasteiger partial charge in [0.2, 0.25) is 11.8 Å². The van der Waals surface area contributed by atoms with Crippen molar-refractivity contribution in [3.8, 4) is 0 Å². The molecule has 1 N–H and O–H groups in total. The van der Waals surface area contributed by atoms with Gasteiger partial charge in [-0.05, 0) is 20.3 Å². The molecule has 0 unspecified atom stereocenters. The van der Waals surface area contributed by atoms with Crippen LogP contribution in [0.3, 0.4) is 0 Å². The number of sulfone groups is 1. The minimum atomic E-state index is -3.62. The van der Waals surface area contributed by atoms with Gasteiger partial charge in [0.15, 0.2) is 15.7 Å². The number of carbonyl (C=O) groups is 1. The predicted octanol–water partition coefficient (Wildman–Crippen LogP) is 0.478. The molecule has 0 aliphatic heterocycles. The van der Waals surface area contributed by atoms with E-state index in [-0.39, 0.29) is 12.0 Å². The fraction of sp³-hybridized carbons (Fsp3) is 0.769. The fourth-order valence-electron chi connectivity index (χ4n) is 1.60. The first-order chi connectivity index (χ1) is 10.3. The number of hydrogen-bond acceptors (Lipinski definition) is 7. The number of nitrogens with one attached hydrogen (secondary N) is 1. The van der Waals surface area contributed by atoms with E-state index in [0.717, 1.165) is 0 Å². The fourth-order valence-corrected chi connectivity index (χ4v) is 2.70. The Kier molecular flexibility index (Phi) is 7.46. The Morgan fingerprint density at radius 2 is 2.14 bits per heavy atom. The van der Waals surface area contributed by atoms with Gasteiger partial charge in [-0.15, -0.1) is 0 Å². The van der Waals surface area contributed by atoms with Gasteiger partial charge < -0.3 is 14.6 Å². The number of ether oxygens (including phenoxy) is 1. The Hall–Kier alpha value is -1.48. The minimum Gasteiger partial charge on any atom is -0.379 e. The molecule has 126 valence electrons. The second kappa shape index (κ2) is 8.84. The second-order valence-corrected chi connectivity index (χ2v) is 7.18. The van der Waals surface area contributed by atoms with E-state index >= 15 is 0 Å². The Morgan fingerprint density at radius 3 is 2.73 bits per heavy atom. The third-order valence-electron chi connectivity index (χ3n) is 2.62. The molecule has 1 rings (SSSR count). The maximum atomic E-state index is 11.9. The van der Waals surface area contributed by atoms with Crippen molar-refractivity contribution in [1.82, 2.24) is 15.5 Å². The topological polar surface area (TPSA) is 111 Å². The molecular formula is C13H23N3O5S. The lowest BCUT2D eigenvalue weighted by Gasteiger charge is -2.08. The van der Waals surface area contributed by atoms with Crippen LogP contribution in [0.1, 0.15) is 38.9 Å². The standard InChI is InChI=1S/C13H23N3O5S/c1-4-11-15-13(21-16-11)9-22(18,19)8-12(17)14-6-5-7-20-10(2)3/h10H,4-9H2,1-3H3,(H,14,17). The quantitative estimate of drug-likeness (QED) is 0.620. The summed E-state index contributed by atoms with van der Waals surface area (Å²) in [5.41, 5.74) is 0. The third-order valence-corrected chi connectivity index (χ3v) is 4.00. The van der Waals surface area contributed by atoms with Crippen molar-refractivity contribution in [2.24, 2.45) is 0 Å². The van der Waals surface area contributed by atoms with Crippen LogP contribution in [-0.2, 0) is 31.5 Å². The van der Waals surface area contributed by atoms with E-state index in [1.54, 1.807) is 0 Å². The van der Waals surface area contributed by atoms with Gasteiger partial charge in [-0.3, -0.25) is 4.79 Å². The summed E-state index contributed by atoms with van der Waals surface area (Å²) in [5, 5.41) is 6.17. The summed E-state index contributed by atoms with van der Waals surface area (Å²) >= 11 is 0. The van der Waals surface area contributed by atoms with Crippen LogP contribution < -0.4 is 5.32 Å². The Balaban J connectivity index is 2.32. The summed E-state index contributed by atoms with van der Waals surface area (Å²) in [7, 11) is -3.62. The van der Waals surface area contributed by atoms with Gasteiger partial charge >= 0.3 is 0 Å². The van der Waals surface area contributed by atoms with Crippen LogP contribution in [0.15, 0.2) is 4.52 Å². The number of aromatic nitrogens is 2. The first-order valence-electron chi connectivity index (χ1n) is 7.22. The van der Waals surface area contributed by atoms with E-state index in [2.05, 4.69) is 15.5 Å². The first-order valence-corrected chi connectivity index (χ1v) is 9.04. The van der Waals surface area contributed by atoms with Gasteiger partial charge in [-0.1, -0.05) is 12.1 Å². The Labute approximate surface area is 130 Å². The largest absolute Gasteiger partial charge is 0.379 e. The first kappa shape index (κ1) is 18.6. The van der Waals surface area contributed by atoms with Crippen molar-refractivity contribution in [1.29, 1.82) is 0 Å². The van der Waals surface area contributed by atoms with Gasteiger partial charge in [-0.2, -0.15) is 4.98 Å². The smallest absolute Gasteiger partial charge is 0.241 e. The molecular weight excluding hydrogens is 310 g/mol. The van der Waals surface area contributed by atoms with E-state index in [0.29, 0.717) is 31.8 Å². The van der Waals surface area contributed by atoms with E-state index in [4.69, 9.17) is 9.26 Å². The zero-order chi connectivity index (χ0) is 16.6. The van der Waals surface area contributed by atoms with Crippen molar-refractivity contribution in [2.75, 3.05) is 18.9 Å². The zero-order valence-corrected chi connectivity index (χ0v) is 14.0. The molecule has 0 saturated carbocycles. The Morgan fingerprint density at radius 1 is 1.41 bits per heavy atom. The average Bonchev–Trinajstić information content (AvgIpc) is 2.84. The van der Waals surface area contributed by atoms with E-state index in [9.17, 15) is 13.2 Å². The second-order valence-electron chi connectivity index (χ2n) is 5.11. The van der Waals surface area contributed by atoms with Crippen LogP contribution in [0.25, 0.3) is 0 Å². The molecule has 1 heterocycles. The number of rotatable bonds is 10. The maximum absolute atomic E-state index is 11.9. The molecule has 22 heavy (non-hydrogen) atoms. The number of amides is 1. The van der Waals surface area contributed by atoms with Crippen molar-refractivity contribution in [2.45, 2.75) is 45.5 Å². The SMILES string of the molecule is CCc1noc(CS(=O)(=O)CC(=O)NCCCOC(C)C)n1. The van der Waals surface area contributed by atoms with Gasteiger partial charge in [0.05, 0.1) is 6.10 Å². The van der Waals surface area contributed by atoms with Crippen molar-refractivity contribution < 1.29 is 22.5 Å². The summed E-state index contributed by atoms with van der Waals surface area (Å²) in [6.07, 6.45) is 1.33. The van der Waals surface area contributed by atoms with Crippen LogP contribution in [0.5, 0.6) is 0 Å². The molecule has 0 atom stereocenters. The lowest BCUT2D eigenvalue weighted by atomic mass is 10.4. The molecule has 0 fully saturated rings. The highest BCUT2D eigenvalue weighted by molar-refractivity contribution is 7.91. The molecule has 0 aliphatic carbocycles. The molecule has 0 spiro atoms. The number of hydrogen-bond donors (Lipinski definition) is 1. The lowest BCUT2D eigenvalue weighted by Crippen LogP contribution is -2.32. The highest BCUT2D eigenvalue weighted by Gasteiger charge is 2.20. The molecule has 8 nitrogen and oxygen atoms in total. The predicted molar refractivity (Wildman–Crippen MR) is 79.9 cm³/mol. The third kappa shape index (κ3) is 7.51. The molecule has 0 bridgehead atoms. The average molecular weight is 333 g/mol. The van der Waals surface area contributed by atoms with Gasteiger partial charge in [0, 0.05) is 19.6 Å². The molecule has 1 aromatic heterocycles. The molecule has 9 heteroatoms. The van der Waals surface area contributed by atoms with Crippen molar-refractivity contribution in [3.05, 3.63) is 11.7 Å². The summed E-state index contributed by atoms with van der Waals surface area (Å²) in [6.45, 7) is 6.58. The van der Waals surface area contributed by atoms with Crippen molar-refractivity contribution >= 4 is 15.7 Å². The number of aryl methyl sites for hydroxylation is 1. The Bertz CT molecular complexity index is 568. The summed E-state index contributed by atoms with van der Waals surface area (Å²) < 4.78 is 33.9. The maximum Gasteiger partial charge on any atom is 0.241 e.